The largest absolute Gasteiger partial charge is 0.508 e. The van der Waals surface area contributed by atoms with Crippen LogP contribution in [0.3, 0.4) is 0 Å². The fraction of sp³-hybridized carbons (Fsp3) is 0.667. The second-order valence-corrected chi connectivity index (χ2v) is 17.7. The Kier molecular flexibility index (Phi) is 12.2. The summed E-state index contributed by atoms with van der Waals surface area (Å²) in [6, 6.07) is 12.4. The highest BCUT2D eigenvalue weighted by atomic mass is 16.7. The van der Waals surface area contributed by atoms with Crippen molar-refractivity contribution in [3.8, 4) is 11.5 Å². The molecule has 13 atom stereocenters. The lowest BCUT2D eigenvalue weighted by atomic mass is 9.51. The molecule has 0 unspecified atom stereocenters. The van der Waals surface area contributed by atoms with E-state index in [9.17, 15) is 29.7 Å². The van der Waals surface area contributed by atoms with Crippen molar-refractivity contribution >= 4 is 17.5 Å². The van der Waals surface area contributed by atoms with Gasteiger partial charge in [0.1, 0.15) is 35.1 Å². The van der Waals surface area contributed by atoms with E-state index in [4.69, 9.17) is 28.4 Å². The van der Waals surface area contributed by atoms with Gasteiger partial charge in [0.15, 0.2) is 24.5 Å². The standard InChI is InChI=1S/C45H60O12/c1-24(2)7-16-36(48)25(3)45(51)38(22-35-33-14-10-28-21-29(47)11-15-31(28)32(33)17-19-44(35,45)5)56-43-41(55-26(4)46)40(37(49)23-54-43)57-42-34(18-20-53-42)39(50)27-8-12-30(52-6)13-9-27/h8-9,11-13,15,21,24-25,32-35,37-38,40-43,47,49,51H,7,10,14,16-20,22-23H2,1-6H3/t25-,32-,33-,34+,35+,37+,38+,40+,41-,42+,43+,44+,45-/m1/s1. The predicted molar refractivity (Wildman–Crippen MR) is 208 cm³/mol. The number of carbonyl (C=O) groups excluding carboxylic acids is 3. The Balaban J connectivity index is 1.18. The minimum Gasteiger partial charge on any atom is -0.508 e. The fourth-order valence-electron chi connectivity index (χ4n) is 11.0. The summed E-state index contributed by atoms with van der Waals surface area (Å²) < 4.78 is 36.4. The smallest absolute Gasteiger partial charge is 0.303 e. The number of methoxy groups -OCH3 is 1. The molecule has 12 heteroatoms. The number of phenolic OH excluding ortho intramolecular Hbond substituents is 1. The van der Waals surface area contributed by atoms with Gasteiger partial charge >= 0.3 is 5.97 Å². The number of aliphatic hydroxyl groups is 2. The first-order valence-electron chi connectivity index (χ1n) is 20.8. The van der Waals surface area contributed by atoms with Crippen LogP contribution in [0, 0.1) is 35.0 Å². The summed E-state index contributed by atoms with van der Waals surface area (Å²) in [6.45, 7) is 9.33. The molecule has 2 heterocycles. The average molecular weight is 793 g/mol. The molecule has 3 N–H and O–H groups in total. The van der Waals surface area contributed by atoms with E-state index in [1.807, 2.05) is 19.1 Å². The highest BCUT2D eigenvalue weighted by Crippen LogP contribution is 2.67. The Labute approximate surface area is 335 Å². The number of hydrogen-bond donors (Lipinski definition) is 3. The maximum atomic E-state index is 14.1. The van der Waals surface area contributed by atoms with Crippen LogP contribution in [0.1, 0.15) is 107 Å². The lowest BCUT2D eigenvalue weighted by Gasteiger charge is -2.55. The highest BCUT2D eigenvalue weighted by Gasteiger charge is 2.69. The molecule has 2 saturated heterocycles. The van der Waals surface area contributed by atoms with Gasteiger partial charge in [-0.05, 0) is 116 Å². The van der Waals surface area contributed by atoms with E-state index in [0.717, 1.165) is 24.8 Å². The van der Waals surface area contributed by atoms with Gasteiger partial charge in [-0.2, -0.15) is 0 Å². The number of carbonyl (C=O) groups is 3. The summed E-state index contributed by atoms with van der Waals surface area (Å²) in [4.78, 5) is 40.4. The van der Waals surface area contributed by atoms with E-state index < -0.39 is 65.8 Å². The molecule has 0 aromatic heterocycles. The van der Waals surface area contributed by atoms with Crippen molar-refractivity contribution in [2.75, 3.05) is 20.3 Å². The molecule has 57 heavy (non-hydrogen) atoms. The molecular weight excluding hydrogens is 732 g/mol. The first-order chi connectivity index (χ1) is 27.2. The zero-order chi connectivity index (χ0) is 40.8. The number of rotatable bonds is 13. The topological polar surface area (TPSA) is 167 Å². The van der Waals surface area contributed by atoms with Crippen LogP contribution in [0.15, 0.2) is 42.5 Å². The van der Waals surface area contributed by atoms with Gasteiger partial charge in [-0.25, -0.2) is 0 Å². The summed E-state index contributed by atoms with van der Waals surface area (Å²) in [6.07, 6.45) is -1.98. The van der Waals surface area contributed by atoms with E-state index in [-0.39, 0.29) is 48.3 Å². The van der Waals surface area contributed by atoms with Crippen molar-refractivity contribution in [3.63, 3.8) is 0 Å². The van der Waals surface area contributed by atoms with Crippen LogP contribution in [0.2, 0.25) is 0 Å². The molecule has 2 aromatic rings. The maximum absolute atomic E-state index is 14.1. The number of esters is 1. The van der Waals surface area contributed by atoms with E-state index >= 15 is 0 Å². The van der Waals surface area contributed by atoms with Gasteiger partial charge in [0.05, 0.1) is 32.3 Å². The number of benzene rings is 2. The number of ether oxygens (including phenoxy) is 6. The number of phenols is 1. The predicted octanol–water partition coefficient (Wildman–Crippen LogP) is 5.90. The number of hydrogen-bond acceptors (Lipinski definition) is 12. The normalized spacial score (nSPS) is 36.5. The molecule has 7 rings (SSSR count). The zero-order valence-corrected chi connectivity index (χ0v) is 34.1. The molecule has 0 spiro atoms. The Morgan fingerprint density at radius 3 is 2.42 bits per heavy atom. The molecule has 4 fully saturated rings. The molecule has 3 aliphatic carbocycles. The number of ketones is 2. The van der Waals surface area contributed by atoms with E-state index in [0.29, 0.717) is 49.3 Å². The third kappa shape index (κ3) is 7.78. The molecule has 2 aliphatic heterocycles. The second kappa shape index (κ2) is 16.7. The molecule has 312 valence electrons. The van der Waals surface area contributed by atoms with Crippen LogP contribution in [-0.4, -0.2) is 95.8 Å². The van der Waals surface area contributed by atoms with E-state index in [1.54, 1.807) is 37.4 Å². The minimum absolute atomic E-state index is 0.0152. The first kappa shape index (κ1) is 41.8. The molecule has 0 radical (unpaired) electrons. The van der Waals surface area contributed by atoms with Gasteiger partial charge < -0.3 is 43.7 Å². The zero-order valence-electron chi connectivity index (χ0n) is 34.1. The van der Waals surface area contributed by atoms with Gasteiger partial charge in [0.25, 0.3) is 0 Å². The molecule has 2 saturated carbocycles. The number of aromatic hydroxyl groups is 1. The van der Waals surface area contributed by atoms with Gasteiger partial charge in [-0.3, -0.25) is 14.4 Å². The van der Waals surface area contributed by atoms with Crippen LogP contribution in [0.25, 0.3) is 0 Å². The number of fused-ring (bicyclic) bond motifs is 5. The SMILES string of the molecule is COc1ccc(C(=O)[C@@H]2CCO[C@H]2O[C@@H]2[C@@H](OC(C)=O)[C@H](O[C@H]3C[C@H]4[C@@H]5CCc6cc(O)ccc6[C@H]5CC[C@]4(C)[C@@]3(O)[C@H](C)C(=O)CCC(C)C)OC[C@@H]2O)cc1. The number of Topliss-reactive ketones (excluding diaryl/α,β-unsaturated/α-hetero) is 2. The Morgan fingerprint density at radius 1 is 0.965 bits per heavy atom. The lowest BCUT2D eigenvalue weighted by molar-refractivity contribution is -0.324. The van der Waals surface area contributed by atoms with Crippen molar-refractivity contribution in [1.82, 2.24) is 0 Å². The summed E-state index contributed by atoms with van der Waals surface area (Å²) in [7, 11) is 1.55. The molecular formula is C45H60O12. The van der Waals surface area contributed by atoms with Crippen LogP contribution in [0.4, 0.5) is 0 Å². The quantitative estimate of drug-likeness (QED) is 0.163. The highest BCUT2D eigenvalue weighted by molar-refractivity contribution is 5.98. The second-order valence-electron chi connectivity index (χ2n) is 17.7. The third-order valence-electron chi connectivity index (χ3n) is 14.1. The first-order valence-corrected chi connectivity index (χ1v) is 20.8. The van der Waals surface area contributed by atoms with Crippen LogP contribution in [-0.2, 0) is 39.7 Å². The van der Waals surface area contributed by atoms with Crippen LogP contribution >= 0.6 is 0 Å². The van der Waals surface area contributed by atoms with E-state index in [1.165, 1.54) is 12.5 Å². The lowest BCUT2D eigenvalue weighted by Crippen LogP contribution is -2.63. The van der Waals surface area contributed by atoms with Gasteiger partial charge in [-0.1, -0.05) is 33.8 Å². The van der Waals surface area contributed by atoms with Crippen LogP contribution in [0.5, 0.6) is 11.5 Å². The summed E-state index contributed by atoms with van der Waals surface area (Å²) in [5, 5.41) is 34.9. The average Bonchev–Trinajstić information content (AvgIpc) is 3.75. The number of aryl methyl sites for hydroxylation is 1. The molecule has 5 aliphatic rings. The fourth-order valence-corrected chi connectivity index (χ4v) is 11.0. The summed E-state index contributed by atoms with van der Waals surface area (Å²) in [5.41, 5.74) is 0.541. The van der Waals surface area contributed by atoms with Crippen molar-refractivity contribution in [1.29, 1.82) is 0 Å². The maximum Gasteiger partial charge on any atom is 0.303 e. The summed E-state index contributed by atoms with van der Waals surface area (Å²) in [5.74, 6) is -0.747. The van der Waals surface area contributed by atoms with Crippen molar-refractivity contribution < 1.29 is 58.1 Å². The Hall–Kier alpha value is -3.39. The molecule has 0 amide bonds. The molecule has 0 bridgehead atoms. The van der Waals surface area contributed by atoms with E-state index in [2.05, 4.69) is 20.8 Å². The number of aliphatic hydroxyl groups excluding tert-OH is 1. The van der Waals surface area contributed by atoms with Crippen LogP contribution < -0.4 is 4.74 Å². The van der Waals surface area contributed by atoms with Gasteiger partial charge in [-0.15, -0.1) is 0 Å². The molecule has 12 nitrogen and oxygen atoms in total. The third-order valence-corrected chi connectivity index (χ3v) is 14.1. The van der Waals surface area contributed by atoms with Gasteiger partial charge in [0.2, 0.25) is 0 Å². The Bertz CT molecular complexity index is 1780. The van der Waals surface area contributed by atoms with Crippen molar-refractivity contribution in [2.24, 2.45) is 35.0 Å². The summed E-state index contributed by atoms with van der Waals surface area (Å²) >= 11 is 0. The van der Waals surface area contributed by atoms with Gasteiger partial charge in [0, 0.05) is 30.2 Å². The van der Waals surface area contributed by atoms with Crippen molar-refractivity contribution in [2.45, 2.75) is 135 Å². The Morgan fingerprint density at radius 2 is 1.72 bits per heavy atom. The minimum atomic E-state index is -1.60. The van der Waals surface area contributed by atoms with Crippen molar-refractivity contribution in [3.05, 3.63) is 59.2 Å². The molecule has 2 aromatic carbocycles. The monoisotopic (exact) mass is 792 g/mol.